The lowest BCUT2D eigenvalue weighted by atomic mass is 10.1. The summed E-state index contributed by atoms with van der Waals surface area (Å²) in [5.41, 5.74) is 2.09. The molecule has 1 aliphatic heterocycles. The van der Waals surface area contributed by atoms with E-state index in [2.05, 4.69) is 29.3 Å². The first kappa shape index (κ1) is 19.4. The van der Waals surface area contributed by atoms with Crippen LogP contribution in [-0.4, -0.2) is 43.0 Å². The quantitative estimate of drug-likeness (QED) is 0.891. The van der Waals surface area contributed by atoms with Crippen molar-refractivity contribution < 1.29 is 4.79 Å². The Hall–Kier alpha value is -1.88. The molecule has 4 nitrogen and oxygen atoms in total. The van der Waals surface area contributed by atoms with Crippen LogP contribution in [0.4, 0.5) is 5.69 Å². The van der Waals surface area contributed by atoms with Gasteiger partial charge in [-0.3, -0.25) is 9.69 Å². The number of hydrogen-bond donors (Lipinski definition) is 1. The van der Waals surface area contributed by atoms with Crippen molar-refractivity contribution in [3.05, 3.63) is 66.2 Å². The third-order valence-electron chi connectivity index (χ3n) is 4.53. The Balaban J connectivity index is 0.00000225. The summed E-state index contributed by atoms with van der Waals surface area (Å²) in [4.78, 5) is 17.2. The van der Waals surface area contributed by atoms with Gasteiger partial charge in [-0.25, -0.2) is 0 Å². The number of benzene rings is 2. The number of hydrogen-bond acceptors (Lipinski definition) is 3. The normalized spacial score (nSPS) is 17.6. The van der Waals surface area contributed by atoms with E-state index in [1.165, 1.54) is 0 Å². The van der Waals surface area contributed by atoms with Crippen LogP contribution >= 0.6 is 12.4 Å². The lowest BCUT2D eigenvalue weighted by Gasteiger charge is -2.35. The molecule has 3 rings (SSSR count). The number of carbonyl (C=O) groups excluding carboxylic acids is 1. The molecule has 1 N–H and O–H groups in total. The second kappa shape index (κ2) is 9.56. The number of para-hydroxylation sites is 1. The van der Waals surface area contributed by atoms with Crippen molar-refractivity contribution in [2.45, 2.75) is 19.5 Å². The van der Waals surface area contributed by atoms with Crippen molar-refractivity contribution in [1.29, 1.82) is 0 Å². The van der Waals surface area contributed by atoms with Crippen LogP contribution in [0.3, 0.4) is 0 Å². The van der Waals surface area contributed by atoms with E-state index in [0.29, 0.717) is 19.1 Å². The Labute approximate surface area is 156 Å². The zero-order valence-corrected chi connectivity index (χ0v) is 15.4. The van der Waals surface area contributed by atoms with Gasteiger partial charge >= 0.3 is 0 Å². The van der Waals surface area contributed by atoms with Gasteiger partial charge < -0.3 is 10.2 Å². The third-order valence-corrected chi connectivity index (χ3v) is 4.53. The fourth-order valence-corrected chi connectivity index (χ4v) is 3.07. The van der Waals surface area contributed by atoms with E-state index in [1.54, 1.807) is 0 Å². The summed E-state index contributed by atoms with van der Waals surface area (Å²) >= 11 is 0. The summed E-state index contributed by atoms with van der Waals surface area (Å²) in [6.07, 6.45) is 0. The van der Waals surface area contributed by atoms with Crippen LogP contribution in [0.25, 0.3) is 0 Å². The van der Waals surface area contributed by atoms with E-state index in [9.17, 15) is 4.79 Å². The van der Waals surface area contributed by atoms with Gasteiger partial charge in [-0.15, -0.1) is 12.4 Å². The molecule has 1 saturated heterocycles. The standard InChI is InChI=1S/C20H25N3O.ClH/c1-17-14-21-12-13-22(17)16-20(24)23(19-10-6-3-7-11-19)15-18-8-4-2-5-9-18;/h2-11,17,21H,12-16H2,1H3;1H/t17-;/m0./s1. The molecule has 2 aromatic rings. The van der Waals surface area contributed by atoms with Crippen LogP contribution in [0.2, 0.25) is 0 Å². The number of piperazine rings is 1. The number of carbonyl (C=O) groups is 1. The number of nitrogens with one attached hydrogen (secondary N) is 1. The lowest BCUT2D eigenvalue weighted by Crippen LogP contribution is -2.53. The molecule has 0 aromatic heterocycles. The first-order chi connectivity index (χ1) is 11.7. The Bertz CT molecular complexity index is 651. The summed E-state index contributed by atoms with van der Waals surface area (Å²) < 4.78 is 0. The van der Waals surface area contributed by atoms with Crippen LogP contribution in [-0.2, 0) is 11.3 Å². The molecule has 0 spiro atoms. The Morgan fingerprint density at radius 2 is 1.76 bits per heavy atom. The smallest absolute Gasteiger partial charge is 0.241 e. The van der Waals surface area contributed by atoms with Gasteiger partial charge in [0.2, 0.25) is 5.91 Å². The zero-order valence-electron chi connectivity index (χ0n) is 14.6. The molecule has 0 radical (unpaired) electrons. The van der Waals surface area contributed by atoms with Gasteiger partial charge in [-0.05, 0) is 24.6 Å². The zero-order chi connectivity index (χ0) is 16.8. The summed E-state index contributed by atoms with van der Waals surface area (Å²) in [7, 11) is 0. The highest BCUT2D eigenvalue weighted by Gasteiger charge is 2.24. The Morgan fingerprint density at radius 3 is 2.40 bits per heavy atom. The average molecular weight is 360 g/mol. The van der Waals surface area contributed by atoms with Crippen molar-refractivity contribution in [2.24, 2.45) is 0 Å². The molecular formula is C20H26ClN3O. The molecule has 0 unspecified atom stereocenters. The van der Waals surface area contributed by atoms with Gasteiger partial charge in [0, 0.05) is 31.4 Å². The molecule has 1 heterocycles. The van der Waals surface area contributed by atoms with Crippen molar-refractivity contribution in [2.75, 3.05) is 31.1 Å². The second-order valence-electron chi connectivity index (χ2n) is 6.32. The lowest BCUT2D eigenvalue weighted by molar-refractivity contribution is -0.120. The second-order valence-corrected chi connectivity index (χ2v) is 6.32. The predicted octanol–water partition coefficient (Wildman–Crippen LogP) is 2.94. The maximum Gasteiger partial charge on any atom is 0.241 e. The largest absolute Gasteiger partial charge is 0.314 e. The molecule has 25 heavy (non-hydrogen) atoms. The first-order valence-electron chi connectivity index (χ1n) is 8.58. The third kappa shape index (κ3) is 5.30. The van der Waals surface area contributed by atoms with E-state index in [1.807, 2.05) is 53.4 Å². The minimum Gasteiger partial charge on any atom is -0.314 e. The van der Waals surface area contributed by atoms with Crippen molar-refractivity contribution >= 4 is 24.0 Å². The van der Waals surface area contributed by atoms with Gasteiger partial charge in [0.1, 0.15) is 0 Å². The molecule has 1 fully saturated rings. The number of anilines is 1. The summed E-state index contributed by atoms with van der Waals surface area (Å²) in [6.45, 7) is 6.04. The molecule has 0 saturated carbocycles. The Morgan fingerprint density at radius 1 is 1.12 bits per heavy atom. The maximum atomic E-state index is 13.0. The van der Waals surface area contributed by atoms with Crippen LogP contribution in [0.5, 0.6) is 0 Å². The number of halogens is 1. The molecule has 134 valence electrons. The van der Waals surface area contributed by atoms with Crippen LogP contribution < -0.4 is 10.2 Å². The molecule has 1 amide bonds. The van der Waals surface area contributed by atoms with Gasteiger partial charge in [0.25, 0.3) is 0 Å². The summed E-state index contributed by atoms with van der Waals surface area (Å²) in [5.74, 6) is 0.152. The molecular weight excluding hydrogens is 334 g/mol. The summed E-state index contributed by atoms with van der Waals surface area (Å²) in [6, 6.07) is 20.5. The number of nitrogens with zero attached hydrogens (tertiary/aromatic N) is 2. The minimum atomic E-state index is 0. The summed E-state index contributed by atoms with van der Waals surface area (Å²) in [5, 5.41) is 3.37. The average Bonchev–Trinajstić information content (AvgIpc) is 2.63. The number of amides is 1. The maximum absolute atomic E-state index is 13.0. The fraction of sp³-hybridized carbons (Fsp3) is 0.350. The molecule has 0 bridgehead atoms. The van der Waals surface area contributed by atoms with Gasteiger partial charge in [0.05, 0.1) is 13.1 Å². The van der Waals surface area contributed by atoms with E-state index in [0.717, 1.165) is 30.9 Å². The monoisotopic (exact) mass is 359 g/mol. The minimum absolute atomic E-state index is 0. The SMILES string of the molecule is C[C@H]1CNCCN1CC(=O)N(Cc1ccccc1)c1ccccc1.Cl. The molecule has 0 aliphatic carbocycles. The predicted molar refractivity (Wildman–Crippen MR) is 105 cm³/mol. The van der Waals surface area contributed by atoms with Gasteiger partial charge in [0.15, 0.2) is 0 Å². The van der Waals surface area contributed by atoms with Crippen molar-refractivity contribution in [3.63, 3.8) is 0 Å². The molecule has 1 atom stereocenters. The van der Waals surface area contributed by atoms with E-state index in [-0.39, 0.29) is 18.3 Å². The first-order valence-corrected chi connectivity index (χ1v) is 8.58. The fourth-order valence-electron chi connectivity index (χ4n) is 3.07. The van der Waals surface area contributed by atoms with Crippen LogP contribution in [0, 0.1) is 0 Å². The van der Waals surface area contributed by atoms with Gasteiger partial charge in [-0.1, -0.05) is 48.5 Å². The molecule has 1 aliphatic rings. The van der Waals surface area contributed by atoms with Crippen LogP contribution in [0.15, 0.2) is 60.7 Å². The molecule has 5 heteroatoms. The molecule has 2 aromatic carbocycles. The highest BCUT2D eigenvalue weighted by molar-refractivity contribution is 5.94. The van der Waals surface area contributed by atoms with E-state index < -0.39 is 0 Å². The van der Waals surface area contributed by atoms with E-state index in [4.69, 9.17) is 0 Å². The topological polar surface area (TPSA) is 35.6 Å². The Kier molecular flexibility index (Phi) is 7.44. The van der Waals surface area contributed by atoms with Crippen molar-refractivity contribution in [1.82, 2.24) is 10.2 Å². The van der Waals surface area contributed by atoms with Gasteiger partial charge in [-0.2, -0.15) is 0 Å². The van der Waals surface area contributed by atoms with Crippen LogP contribution in [0.1, 0.15) is 12.5 Å². The highest BCUT2D eigenvalue weighted by Crippen LogP contribution is 2.18. The number of rotatable bonds is 5. The highest BCUT2D eigenvalue weighted by atomic mass is 35.5. The van der Waals surface area contributed by atoms with E-state index >= 15 is 0 Å². The van der Waals surface area contributed by atoms with Crippen molar-refractivity contribution in [3.8, 4) is 0 Å².